The summed E-state index contributed by atoms with van der Waals surface area (Å²) in [6, 6.07) is 0. The Kier molecular flexibility index (Phi) is 12.9. The van der Waals surface area contributed by atoms with E-state index in [2.05, 4.69) is 18.6 Å². The zero-order valence-corrected chi connectivity index (χ0v) is 19.5. The van der Waals surface area contributed by atoms with Crippen LogP contribution in [0.15, 0.2) is 11.1 Å². The van der Waals surface area contributed by atoms with Gasteiger partial charge in [-0.25, -0.2) is 0 Å². The van der Waals surface area contributed by atoms with Gasteiger partial charge in [0.05, 0.1) is 6.61 Å². The molecule has 1 aliphatic rings. The molecule has 0 unspecified atom stereocenters. The van der Waals surface area contributed by atoms with E-state index >= 15 is 0 Å². The van der Waals surface area contributed by atoms with Gasteiger partial charge in [-0.15, -0.1) is 13.2 Å². The third-order valence-corrected chi connectivity index (χ3v) is 6.50. The number of hydrogen-bond donors (Lipinski definition) is 0. The van der Waals surface area contributed by atoms with Crippen molar-refractivity contribution >= 4 is 5.78 Å². The lowest BCUT2D eigenvalue weighted by Gasteiger charge is -2.34. The summed E-state index contributed by atoms with van der Waals surface area (Å²) in [5, 5.41) is 0. The first-order valence-electron chi connectivity index (χ1n) is 12.1. The van der Waals surface area contributed by atoms with Crippen LogP contribution in [0.5, 0.6) is 0 Å². The van der Waals surface area contributed by atoms with Crippen molar-refractivity contribution in [3.8, 4) is 0 Å². The van der Waals surface area contributed by atoms with Gasteiger partial charge in [-0.05, 0) is 43.6 Å². The molecule has 0 bridgehead atoms. The van der Waals surface area contributed by atoms with Gasteiger partial charge in [0.15, 0.2) is 5.78 Å². The minimum atomic E-state index is -4.48. The number of rotatable bonds is 16. The van der Waals surface area contributed by atoms with E-state index in [9.17, 15) is 18.0 Å². The molecule has 0 spiro atoms. The molecule has 0 aromatic heterocycles. The van der Waals surface area contributed by atoms with Gasteiger partial charge in [0.2, 0.25) is 0 Å². The number of carbonyl (C=O) groups excluding carboxylic acids is 1. The topological polar surface area (TPSA) is 26.3 Å². The maximum absolute atomic E-state index is 12.0. The third kappa shape index (κ3) is 12.1. The number of ketones is 1. The smallest absolute Gasteiger partial charge is 0.295 e. The van der Waals surface area contributed by atoms with E-state index in [-0.39, 0.29) is 12.0 Å². The minimum Gasteiger partial charge on any atom is -0.295 e. The fourth-order valence-corrected chi connectivity index (χ4v) is 4.50. The van der Waals surface area contributed by atoms with Crippen LogP contribution in [0.25, 0.3) is 0 Å². The van der Waals surface area contributed by atoms with E-state index in [0.717, 1.165) is 37.7 Å². The Balaban J connectivity index is 1.89. The van der Waals surface area contributed by atoms with Gasteiger partial charge in [0.1, 0.15) is 0 Å². The van der Waals surface area contributed by atoms with Crippen molar-refractivity contribution in [3.63, 3.8) is 0 Å². The summed E-state index contributed by atoms with van der Waals surface area (Å²) in [5.74, 6) is 0.347. The van der Waals surface area contributed by atoms with E-state index in [1.807, 2.05) is 6.92 Å². The molecular weight excluding hydrogens is 389 g/mol. The molecule has 5 heteroatoms. The zero-order chi connectivity index (χ0) is 22.5. The van der Waals surface area contributed by atoms with Crippen LogP contribution in [0.1, 0.15) is 124 Å². The maximum atomic E-state index is 12.0. The normalized spacial score (nSPS) is 17.1. The van der Waals surface area contributed by atoms with Crippen LogP contribution in [-0.2, 0) is 9.53 Å². The second-order valence-corrected chi connectivity index (χ2v) is 9.55. The summed E-state index contributed by atoms with van der Waals surface area (Å²) in [5.41, 5.74) is 2.61. The highest BCUT2D eigenvalue weighted by Crippen LogP contribution is 2.41. The monoisotopic (exact) mass is 432 g/mol. The maximum Gasteiger partial charge on any atom is 0.522 e. The van der Waals surface area contributed by atoms with Crippen LogP contribution < -0.4 is 0 Å². The fraction of sp³-hybridized carbons (Fsp3) is 0.880. The van der Waals surface area contributed by atoms with Gasteiger partial charge in [-0.1, -0.05) is 90.0 Å². The number of carbonyl (C=O) groups is 1. The first kappa shape index (κ1) is 27.2. The highest BCUT2D eigenvalue weighted by Gasteiger charge is 2.31. The predicted octanol–water partition coefficient (Wildman–Crippen LogP) is 8.69. The number of hydrogen-bond acceptors (Lipinski definition) is 2. The SMILES string of the molecule is CC1=C(CCCCCCCCCCCCCCCOC(F)(F)F)C(C)(C)CCC1=O. The van der Waals surface area contributed by atoms with Crippen molar-refractivity contribution in [1.82, 2.24) is 0 Å². The lowest BCUT2D eigenvalue weighted by atomic mass is 9.70. The first-order valence-corrected chi connectivity index (χ1v) is 12.1. The number of Topliss-reactive ketones (excluding diaryl/α,β-unsaturated/α-hetero) is 1. The van der Waals surface area contributed by atoms with Crippen molar-refractivity contribution in [3.05, 3.63) is 11.1 Å². The van der Waals surface area contributed by atoms with Gasteiger partial charge in [0.25, 0.3) is 0 Å². The number of alkyl halides is 3. The van der Waals surface area contributed by atoms with Crippen molar-refractivity contribution in [1.29, 1.82) is 0 Å². The molecule has 176 valence electrons. The first-order chi connectivity index (χ1) is 14.1. The van der Waals surface area contributed by atoms with Crippen LogP contribution in [0, 0.1) is 5.41 Å². The molecule has 2 nitrogen and oxygen atoms in total. The van der Waals surface area contributed by atoms with Gasteiger partial charge < -0.3 is 0 Å². The molecule has 0 aromatic carbocycles. The van der Waals surface area contributed by atoms with Crippen LogP contribution in [-0.4, -0.2) is 18.8 Å². The molecule has 0 saturated carbocycles. The predicted molar refractivity (Wildman–Crippen MR) is 117 cm³/mol. The number of ether oxygens (including phenoxy) is 1. The van der Waals surface area contributed by atoms with Gasteiger partial charge in [-0.3, -0.25) is 9.53 Å². The Morgan fingerprint density at radius 2 is 1.23 bits per heavy atom. The second kappa shape index (κ2) is 14.3. The van der Waals surface area contributed by atoms with Gasteiger partial charge in [0, 0.05) is 6.42 Å². The Morgan fingerprint density at radius 3 is 1.70 bits per heavy atom. The van der Waals surface area contributed by atoms with E-state index in [4.69, 9.17) is 0 Å². The van der Waals surface area contributed by atoms with Crippen molar-refractivity contribution in [2.24, 2.45) is 5.41 Å². The average Bonchev–Trinajstić information content (AvgIpc) is 2.66. The molecule has 0 N–H and O–H groups in total. The third-order valence-electron chi connectivity index (χ3n) is 6.50. The second-order valence-electron chi connectivity index (χ2n) is 9.55. The molecule has 30 heavy (non-hydrogen) atoms. The van der Waals surface area contributed by atoms with Crippen LogP contribution in [0.2, 0.25) is 0 Å². The molecular formula is C25H43F3O2. The van der Waals surface area contributed by atoms with E-state index in [1.54, 1.807) is 0 Å². The lowest BCUT2D eigenvalue weighted by molar-refractivity contribution is -0.324. The molecule has 0 atom stereocenters. The lowest BCUT2D eigenvalue weighted by Crippen LogP contribution is -2.25. The molecule has 0 saturated heterocycles. The largest absolute Gasteiger partial charge is 0.522 e. The van der Waals surface area contributed by atoms with Crippen molar-refractivity contribution in [2.75, 3.05) is 6.61 Å². The molecule has 1 rings (SSSR count). The number of halogens is 3. The van der Waals surface area contributed by atoms with Crippen LogP contribution >= 0.6 is 0 Å². The standard InChI is InChI=1S/C25H43F3O2/c1-21-22(24(2,3)19-18-23(21)29)17-15-13-11-9-7-5-4-6-8-10-12-14-16-20-30-25(26,27)28/h4-20H2,1-3H3. The Hall–Kier alpha value is -0.840. The number of allylic oxidation sites excluding steroid dienone is 2. The average molecular weight is 433 g/mol. The van der Waals surface area contributed by atoms with Crippen LogP contribution in [0.3, 0.4) is 0 Å². The highest BCUT2D eigenvalue weighted by molar-refractivity contribution is 5.96. The molecule has 0 aromatic rings. The molecule has 1 aliphatic carbocycles. The quantitative estimate of drug-likeness (QED) is 0.228. The summed E-state index contributed by atoms with van der Waals surface area (Å²) in [7, 11) is 0. The van der Waals surface area contributed by atoms with E-state index < -0.39 is 6.36 Å². The number of unbranched alkanes of at least 4 members (excludes halogenated alkanes) is 12. The van der Waals surface area contributed by atoms with E-state index in [0.29, 0.717) is 18.6 Å². The molecule has 0 fully saturated rings. The van der Waals surface area contributed by atoms with Gasteiger partial charge >= 0.3 is 6.36 Å². The van der Waals surface area contributed by atoms with Crippen molar-refractivity contribution in [2.45, 2.75) is 130 Å². The summed E-state index contributed by atoms with van der Waals surface area (Å²) < 4.78 is 39.2. The highest BCUT2D eigenvalue weighted by atomic mass is 19.4. The molecule has 0 aliphatic heterocycles. The Morgan fingerprint density at radius 1 is 0.800 bits per heavy atom. The summed E-state index contributed by atoms with van der Waals surface area (Å²) in [4.78, 5) is 12.0. The molecule has 0 radical (unpaired) electrons. The summed E-state index contributed by atoms with van der Waals surface area (Å²) in [6.07, 6.45) is 13.0. The Labute approximate surface area is 182 Å². The zero-order valence-electron chi connectivity index (χ0n) is 19.5. The van der Waals surface area contributed by atoms with Crippen LogP contribution in [0.4, 0.5) is 13.2 Å². The van der Waals surface area contributed by atoms with Gasteiger partial charge in [-0.2, -0.15) is 0 Å². The summed E-state index contributed by atoms with van der Waals surface area (Å²) in [6.45, 7) is 6.36. The van der Waals surface area contributed by atoms with E-state index in [1.165, 1.54) is 63.4 Å². The minimum absolute atomic E-state index is 0.189. The fourth-order valence-electron chi connectivity index (χ4n) is 4.50. The summed E-state index contributed by atoms with van der Waals surface area (Å²) >= 11 is 0. The molecule has 0 amide bonds. The Bertz CT molecular complexity index is 521. The van der Waals surface area contributed by atoms with Crippen molar-refractivity contribution < 1.29 is 22.7 Å². The molecule has 0 heterocycles.